The third-order valence-corrected chi connectivity index (χ3v) is 3.90. The summed E-state index contributed by atoms with van der Waals surface area (Å²) in [4.78, 5) is 1.58. The van der Waals surface area contributed by atoms with Crippen molar-refractivity contribution < 1.29 is 5.11 Å². The zero-order chi connectivity index (χ0) is 13.1. The first kappa shape index (κ1) is 12.4. The van der Waals surface area contributed by atoms with E-state index in [1.165, 1.54) is 19.3 Å². The van der Waals surface area contributed by atoms with Gasteiger partial charge in [-0.3, -0.25) is 0 Å². The molecule has 2 aromatic rings. The Morgan fingerprint density at radius 2 is 1.84 bits per heavy atom. The van der Waals surface area contributed by atoms with E-state index in [-0.39, 0.29) is 0 Å². The van der Waals surface area contributed by atoms with E-state index >= 15 is 0 Å². The van der Waals surface area contributed by atoms with Crippen molar-refractivity contribution in [2.45, 2.75) is 38.2 Å². The summed E-state index contributed by atoms with van der Waals surface area (Å²) in [6.07, 6.45) is 7.13. The molecule has 0 spiro atoms. The van der Waals surface area contributed by atoms with E-state index in [1.54, 1.807) is 11.0 Å². The van der Waals surface area contributed by atoms with Crippen LogP contribution in [0.15, 0.2) is 36.5 Å². The summed E-state index contributed by atoms with van der Waals surface area (Å²) in [6, 6.07) is 9.78. The Morgan fingerprint density at radius 3 is 2.58 bits per heavy atom. The van der Waals surface area contributed by atoms with E-state index in [0.717, 1.165) is 18.5 Å². The maximum atomic E-state index is 10.4. The van der Waals surface area contributed by atoms with Crippen LogP contribution in [0.1, 0.15) is 43.9 Å². The van der Waals surface area contributed by atoms with Gasteiger partial charge in [-0.25, -0.2) is 0 Å². The topological polar surface area (TPSA) is 50.9 Å². The molecule has 0 saturated heterocycles. The molecule has 0 aliphatic heterocycles. The molecule has 3 rings (SSSR count). The molecule has 0 amide bonds. The van der Waals surface area contributed by atoms with Crippen molar-refractivity contribution in [1.82, 2.24) is 15.0 Å². The van der Waals surface area contributed by atoms with Gasteiger partial charge in [0, 0.05) is 0 Å². The molecule has 0 radical (unpaired) electrons. The largest absolute Gasteiger partial charge is 0.386 e. The van der Waals surface area contributed by atoms with Gasteiger partial charge in [-0.15, -0.1) is 0 Å². The van der Waals surface area contributed by atoms with E-state index in [2.05, 4.69) is 10.2 Å². The lowest BCUT2D eigenvalue weighted by molar-refractivity contribution is 0.0808. The molecule has 1 heterocycles. The van der Waals surface area contributed by atoms with Crippen LogP contribution in [0.3, 0.4) is 0 Å². The standard InChI is InChI=1S/C15H19N3O/c19-15(12-7-3-1-4-8-12)14-11-16-18(17-14)13-9-5-2-6-10-13/h2,5-6,9-12,15,19H,1,3-4,7-8H2. The number of para-hydroxylation sites is 1. The predicted octanol–water partition coefficient (Wildman–Crippen LogP) is 2.88. The molecule has 1 aliphatic rings. The molecule has 19 heavy (non-hydrogen) atoms. The third kappa shape index (κ3) is 2.68. The predicted molar refractivity (Wildman–Crippen MR) is 72.9 cm³/mol. The number of aliphatic hydroxyl groups excluding tert-OH is 1. The normalized spacial score (nSPS) is 18.4. The minimum absolute atomic E-state index is 0.342. The highest BCUT2D eigenvalue weighted by Gasteiger charge is 2.25. The number of rotatable bonds is 3. The van der Waals surface area contributed by atoms with Gasteiger partial charge in [0.05, 0.1) is 11.9 Å². The summed E-state index contributed by atoms with van der Waals surface area (Å²) in [7, 11) is 0. The second-order valence-corrected chi connectivity index (χ2v) is 5.24. The van der Waals surface area contributed by atoms with Crippen LogP contribution in [0.4, 0.5) is 0 Å². The Kier molecular flexibility index (Phi) is 3.60. The summed E-state index contributed by atoms with van der Waals surface area (Å²) < 4.78 is 0. The SMILES string of the molecule is OC(c1cnn(-c2ccccc2)n1)C1CCCCC1. The fourth-order valence-corrected chi connectivity index (χ4v) is 2.79. The molecule has 0 bridgehead atoms. The Balaban J connectivity index is 1.77. The lowest BCUT2D eigenvalue weighted by atomic mass is 9.84. The van der Waals surface area contributed by atoms with E-state index in [0.29, 0.717) is 11.6 Å². The molecule has 1 atom stereocenters. The summed E-state index contributed by atoms with van der Waals surface area (Å²) >= 11 is 0. The summed E-state index contributed by atoms with van der Waals surface area (Å²) in [6.45, 7) is 0. The van der Waals surface area contributed by atoms with Gasteiger partial charge in [0.1, 0.15) is 11.8 Å². The molecule has 1 unspecified atom stereocenters. The fourth-order valence-electron chi connectivity index (χ4n) is 2.79. The van der Waals surface area contributed by atoms with Crippen molar-refractivity contribution in [3.05, 3.63) is 42.2 Å². The Morgan fingerprint density at radius 1 is 1.11 bits per heavy atom. The highest BCUT2D eigenvalue weighted by molar-refractivity contribution is 5.28. The first-order chi connectivity index (χ1) is 9.34. The van der Waals surface area contributed by atoms with Crippen LogP contribution in [-0.4, -0.2) is 20.1 Å². The molecule has 100 valence electrons. The number of benzene rings is 1. The van der Waals surface area contributed by atoms with E-state index < -0.39 is 6.10 Å². The maximum Gasteiger partial charge on any atom is 0.112 e. The number of hydrogen-bond acceptors (Lipinski definition) is 3. The smallest absolute Gasteiger partial charge is 0.112 e. The lowest BCUT2D eigenvalue weighted by Gasteiger charge is -2.25. The van der Waals surface area contributed by atoms with Crippen LogP contribution in [0.2, 0.25) is 0 Å². The average molecular weight is 257 g/mol. The zero-order valence-electron chi connectivity index (χ0n) is 10.9. The number of aromatic nitrogens is 3. The third-order valence-electron chi connectivity index (χ3n) is 3.90. The summed E-state index contributed by atoms with van der Waals surface area (Å²) in [5.41, 5.74) is 1.61. The van der Waals surface area contributed by atoms with Crippen molar-refractivity contribution in [2.24, 2.45) is 5.92 Å². The molecule has 1 saturated carbocycles. The Hall–Kier alpha value is -1.68. The monoisotopic (exact) mass is 257 g/mol. The highest BCUT2D eigenvalue weighted by atomic mass is 16.3. The van der Waals surface area contributed by atoms with Gasteiger partial charge in [-0.05, 0) is 30.9 Å². The van der Waals surface area contributed by atoms with Crippen molar-refractivity contribution in [3.63, 3.8) is 0 Å². The maximum absolute atomic E-state index is 10.4. The van der Waals surface area contributed by atoms with Crippen LogP contribution >= 0.6 is 0 Å². The highest BCUT2D eigenvalue weighted by Crippen LogP contribution is 2.33. The minimum Gasteiger partial charge on any atom is -0.386 e. The average Bonchev–Trinajstić information content (AvgIpc) is 2.98. The van der Waals surface area contributed by atoms with Crippen molar-refractivity contribution in [2.75, 3.05) is 0 Å². The van der Waals surface area contributed by atoms with E-state index in [4.69, 9.17) is 0 Å². The number of aliphatic hydroxyl groups is 1. The van der Waals surface area contributed by atoms with Gasteiger partial charge >= 0.3 is 0 Å². The van der Waals surface area contributed by atoms with Crippen molar-refractivity contribution in [3.8, 4) is 5.69 Å². The van der Waals surface area contributed by atoms with Gasteiger partial charge in [-0.1, -0.05) is 37.5 Å². The molecule has 1 aliphatic carbocycles. The fraction of sp³-hybridized carbons (Fsp3) is 0.467. The van der Waals surface area contributed by atoms with Crippen LogP contribution in [0.25, 0.3) is 5.69 Å². The zero-order valence-corrected chi connectivity index (χ0v) is 10.9. The Bertz CT molecular complexity index is 517. The molecular formula is C15H19N3O. The van der Waals surface area contributed by atoms with E-state index in [9.17, 15) is 5.11 Å². The second kappa shape index (κ2) is 5.53. The van der Waals surface area contributed by atoms with E-state index in [1.807, 2.05) is 30.3 Å². The van der Waals surface area contributed by atoms with Gasteiger partial charge in [-0.2, -0.15) is 15.0 Å². The van der Waals surface area contributed by atoms with Gasteiger partial charge in [0.25, 0.3) is 0 Å². The molecule has 1 aromatic carbocycles. The van der Waals surface area contributed by atoms with Gasteiger partial charge in [0.2, 0.25) is 0 Å². The van der Waals surface area contributed by atoms with Crippen LogP contribution < -0.4 is 0 Å². The molecule has 1 fully saturated rings. The van der Waals surface area contributed by atoms with Gasteiger partial charge < -0.3 is 5.11 Å². The number of nitrogens with zero attached hydrogens (tertiary/aromatic N) is 3. The van der Waals surface area contributed by atoms with Crippen LogP contribution in [0, 0.1) is 5.92 Å². The van der Waals surface area contributed by atoms with Crippen molar-refractivity contribution >= 4 is 0 Å². The minimum atomic E-state index is -0.474. The lowest BCUT2D eigenvalue weighted by Crippen LogP contribution is -2.16. The summed E-state index contributed by atoms with van der Waals surface area (Å²) in [5.74, 6) is 0.342. The molecule has 1 N–H and O–H groups in total. The Labute approximate surface area is 113 Å². The number of hydrogen-bond donors (Lipinski definition) is 1. The summed E-state index contributed by atoms with van der Waals surface area (Å²) in [5, 5.41) is 19.0. The van der Waals surface area contributed by atoms with Crippen molar-refractivity contribution in [1.29, 1.82) is 0 Å². The molecule has 4 nitrogen and oxygen atoms in total. The first-order valence-corrected chi connectivity index (χ1v) is 7.00. The quantitative estimate of drug-likeness (QED) is 0.919. The van der Waals surface area contributed by atoms with Crippen LogP contribution in [0.5, 0.6) is 0 Å². The molecule has 1 aromatic heterocycles. The second-order valence-electron chi connectivity index (χ2n) is 5.24. The first-order valence-electron chi connectivity index (χ1n) is 7.00. The van der Waals surface area contributed by atoms with Crippen LogP contribution in [-0.2, 0) is 0 Å². The molecule has 4 heteroatoms. The van der Waals surface area contributed by atoms with Gasteiger partial charge in [0.15, 0.2) is 0 Å². The molecular weight excluding hydrogens is 238 g/mol.